The molecule has 0 unspecified atom stereocenters. The minimum Gasteiger partial charge on any atom is -0.496 e. The van der Waals surface area contributed by atoms with Crippen molar-refractivity contribution < 1.29 is 23.8 Å². The van der Waals surface area contributed by atoms with Gasteiger partial charge >= 0.3 is 0 Å². The minimum atomic E-state index is -0.476. The summed E-state index contributed by atoms with van der Waals surface area (Å²) < 4.78 is 16.3. The summed E-state index contributed by atoms with van der Waals surface area (Å²) in [7, 11) is 4.54. The molecule has 0 bridgehead atoms. The third-order valence-electron chi connectivity index (χ3n) is 3.66. The lowest BCUT2D eigenvalue weighted by molar-refractivity contribution is -0.120. The van der Waals surface area contributed by atoms with Crippen molar-refractivity contribution in [3.63, 3.8) is 0 Å². The van der Waals surface area contributed by atoms with Crippen molar-refractivity contribution in [1.82, 2.24) is 10.7 Å². The molecule has 2 aromatic rings. The maximum Gasteiger partial charge on any atom is 0.259 e. The van der Waals surface area contributed by atoms with Crippen molar-refractivity contribution in [1.29, 1.82) is 0 Å². The number of hydrogen-bond acceptors (Lipinski definition) is 6. The van der Waals surface area contributed by atoms with Crippen LogP contribution in [0.3, 0.4) is 0 Å². The molecular weight excluding hydrogens is 430 g/mol. The number of hydrogen-bond donors (Lipinski definition) is 2. The fourth-order valence-corrected chi connectivity index (χ4v) is 2.69. The van der Waals surface area contributed by atoms with E-state index in [4.69, 9.17) is 14.2 Å². The quantitative estimate of drug-likeness (QED) is 0.476. The van der Waals surface area contributed by atoms with Gasteiger partial charge in [-0.2, -0.15) is 5.10 Å². The van der Waals surface area contributed by atoms with E-state index in [0.29, 0.717) is 32.8 Å². The Labute approximate surface area is 171 Å². The van der Waals surface area contributed by atoms with Crippen LogP contribution in [0.4, 0.5) is 0 Å². The van der Waals surface area contributed by atoms with Crippen molar-refractivity contribution in [2.45, 2.75) is 0 Å². The monoisotopic (exact) mass is 449 g/mol. The van der Waals surface area contributed by atoms with E-state index in [1.165, 1.54) is 27.5 Å². The van der Waals surface area contributed by atoms with Crippen molar-refractivity contribution in [3.05, 3.63) is 52.0 Å². The van der Waals surface area contributed by atoms with Crippen LogP contribution in [0.5, 0.6) is 17.2 Å². The van der Waals surface area contributed by atoms with Gasteiger partial charge in [-0.3, -0.25) is 9.59 Å². The molecular formula is C19H20BrN3O5. The molecule has 0 heterocycles. The lowest BCUT2D eigenvalue weighted by Gasteiger charge is -2.09. The first kappa shape index (κ1) is 21.2. The molecule has 2 amide bonds. The number of nitrogens with zero attached hydrogens (tertiary/aromatic N) is 1. The number of hydrazone groups is 1. The summed E-state index contributed by atoms with van der Waals surface area (Å²) in [4.78, 5) is 24.1. The number of nitrogens with one attached hydrogen (secondary N) is 2. The molecule has 0 aliphatic rings. The predicted molar refractivity (Wildman–Crippen MR) is 108 cm³/mol. The van der Waals surface area contributed by atoms with E-state index < -0.39 is 11.8 Å². The Balaban J connectivity index is 1.93. The standard InChI is InChI=1S/C19H20BrN3O5/c1-26-15-7-5-4-6-13(15)19(25)21-11-18(24)23-22-10-12-8-16(27-2)17(28-3)9-14(12)20/h4-10H,11H2,1-3H3,(H,21,25)(H,23,24). The number of amides is 2. The normalized spacial score (nSPS) is 10.4. The predicted octanol–water partition coefficient (Wildman–Crippen LogP) is 2.36. The molecule has 2 aromatic carbocycles. The fourth-order valence-electron chi connectivity index (χ4n) is 2.27. The number of methoxy groups -OCH3 is 3. The van der Waals surface area contributed by atoms with Crippen LogP contribution in [0.2, 0.25) is 0 Å². The number of halogens is 1. The first-order valence-corrected chi connectivity index (χ1v) is 8.94. The second-order valence-corrected chi connectivity index (χ2v) is 6.26. The summed E-state index contributed by atoms with van der Waals surface area (Å²) in [5.41, 5.74) is 3.37. The Morgan fingerprint density at radius 1 is 1.04 bits per heavy atom. The van der Waals surface area contributed by atoms with Gasteiger partial charge < -0.3 is 19.5 Å². The fraction of sp³-hybridized carbons (Fsp3) is 0.211. The molecule has 0 aliphatic heterocycles. The van der Waals surface area contributed by atoms with Crippen LogP contribution in [0, 0.1) is 0 Å². The number of para-hydroxylation sites is 1. The van der Waals surface area contributed by atoms with E-state index in [2.05, 4.69) is 31.8 Å². The second-order valence-electron chi connectivity index (χ2n) is 5.40. The van der Waals surface area contributed by atoms with Gasteiger partial charge in [0, 0.05) is 10.0 Å². The molecule has 0 radical (unpaired) electrons. The molecule has 2 rings (SSSR count). The van der Waals surface area contributed by atoms with Crippen molar-refractivity contribution in [2.24, 2.45) is 5.10 Å². The Hall–Kier alpha value is -3.07. The van der Waals surface area contributed by atoms with Gasteiger partial charge in [-0.15, -0.1) is 0 Å². The van der Waals surface area contributed by atoms with E-state index in [-0.39, 0.29) is 6.54 Å². The molecule has 0 saturated carbocycles. The van der Waals surface area contributed by atoms with Gasteiger partial charge in [0.05, 0.1) is 39.7 Å². The maximum absolute atomic E-state index is 12.2. The van der Waals surface area contributed by atoms with E-state index >= 15 is 0 Å². The SMILES string of the molecule is COc1cc(Br)c(C=NNC(=O)CNC(=O)c2ccccc2OC)cc1OC. The smallest absolute Gasteiger partial charge is 0.259 e. The molecule has 8 nitrogen and oxygen atoms in total. The average molecular weight is 450 g/mol. The Kier molecular flexibility index (Phi) is 7.82. The molecule has 0 atom stereocenters. The van der Waals surface area contributed by atoms with Crippen LogP contribution >= 0.6 is 15.9 Å². The molecule has 9 heteroatoms. The van der Waals surface area contributed by atoms with Gasteiger partial charge in [0.1, 0.15) is 5.75 Å². The maximum atomic E-state index is 12.2. The van der Waals surface area contributed by atoms with Crippen LogP contribution in [0.15, 0.2) is 46.0 Å². The summed E-state index contributed by atoms with van der Waals surface area (Å²) in [6.07, 6.45) is 1.45. The third kappa shape index (κ3) is 5.46. The molecule has 0 fully saturated rings. The summed E-state index contributed by atoms with van der Waals surface area (Å²) >= 11 is 3.40. The summed E-state index contributed by atoms with van der Waals surface area (Å²) in [5.74, 6) is 0.629. The summed E-state index contributed by atoms with van der Waals surface area (Å²) in [6.45, 7) is -0.235. The van der Waals surface area contributed by atoms with Crippen molar-refractivity contribution >= 4 is 34.0 Å². The van der Waals surface area contributed by atoms with Crippen LogP contribution < -0.4 is 25.0 Å². The van der Waals surface area contributed by atoms with E-state index in [1.807, 2.05) is 0 Å². The molecule has 148 valence electrons. The number of benzene rings is 2. The summed E-state index contributed by atoms with van der Waals surface area (Å²) in [5, 5.41) is 6.41. The largest absolute Gasteiger partial charge is 0.496 e. The number of ether oxygens (including phenoxy) is 3. The van der Waals surface area contributed by atoms with E-state index in [1.54, 1.807) is 36.4 Å². The Morgan fingerprint density at radius 3 is 2.36 bits per heavy atom. The molecule has 28 heavy (non-hydrogen) atoms. The van der Waals surface area contributed by atoms with Gasteiger partial charge in [0.15, 0.2) is 11.5 Å². The third-order valence-corrected chi connectivity index (χ3v) is 4.34. The first-order valence-electron chi connectivity index (χ1n) is 8.14. The van der Waals surface area contributed by atoms with Gasteiger partial charge in [-0.1, -0.05) is 12.1 Å². The van der Waals surface area contributed by atoms with Crippen molar-refractivity contribution in [3.8, 4) is 17.2 Å². The number of carbonyl (C=O) groups excluding carboxylic acids is 2. The molecule has 0 saturated heterocycles. The van der Waals surface area contributed by atoms with E-state index in [0.717, 1.165) is 0 Å². The Bertz CT molecular complexity index is 886. The molecule has 2 N–H and O–H groups in total. The zero-order valence-corrected chi connectivity index (χ0v) is 17.2. The average Bonchev–Trinajstić information content (AvgIpc) is 2.72. The highest BCUT2D eigenvalue weighted by Gasteiger charge is 2.12. The second kappa shape index (κ2) is 10.3. The van der Waals surface area contributed by atoms with Crippen LogP contribution in [-0.4, -0.2) is 45.9 Å². The zero-order chi connectivity index (χ0) is 20.5. The molecule has 0 aliphatic carbocycles. The summed E-state index contributed by atoms with van der Waals surface area (Å²) in [6, 6.07) is 10.2. The van der Waals surface area contributed by atoms with Gasteiger partial charge in [-0.25, -0.2) is 5.43 Å². The minimum absolute atomic E-state index is 0.235. The van der Waals surface area contributed by atoms with Crippen LogP contribution in [0.25, 0.3) is 0 Å². The highest BCUT2D eigenvalue weighted by molar-refractivity contribution is 9.10. The van der Waals surface area contributed by atoms with Crippen LogP contribution in [-0.2, 0) is 4.79 Å². The van der Waals surface area contributed by atoms with Crippen molar-refractivity contribution in [2.75, 3.05) is 27.9 Å². The lowest BCUT2D eigenvalue weighted by Crippen LogP contribution is -2.35. The zero-order valence-electron chi connectivity index (χ0n) is 15.6. The number of carbonyl (C=O) groups is 2. The van der Waals surface area contributed by atoms with E-state index in [9.17, 15) is 9.59 Å². The highest BCUT2D eigenvalue weighted by Crippen LogP contribution is 2.32. The Morgan fingerprint density at radius 2 is 1.68 bits per heavy atom. The topological polar surface area (TPSA) is 98.2 Å². The highest BCUT2D eigenvalue weighted by atomic mass is 79.9. The first-order chi connectivity index (χ1) is 13.5. The van der Waals surface area contributed by atoms with Gasteiger partial charge in [0.25, 0.3) is 11.8 Å². The lowest BCUT2D eigenvalue weighted by atomic mass is 10.2. The molecule has 0 aromatic heterocycles. The van der Waals surface area contributed by atoms with Gasteiger partial charge in [0.2, 0.25) is 0 Å². The van der Waals surface area contributed by atoms with Gasteiger partial charge in [-0.05, 0) is 40.2 Å². The van der Waals surface area contributed by atoms with Crippen LogP contribution in [0.1, 0.15) is 15.9 Å². The molecule has 0 spiro atoms. The number of rotatable bonds is 8.